The average Bonchev–Trinajstić information content (AvgIpc) is 3.37. The standard InChI is InChI=1S/C24H24N4O2/c1-27-23(30)26-22(29)24(27)10-18-8-15-6-7-20(25-21(15)9-19(18)11-24)14-28-12-16-4-2-3-5-17(16)13-28/h2-9,16-17H,10-14H2,1H3,(H,26,29,30). The Bertz CT molecular complexity index is 1130. The number of allylic oxidation sites excluding steroid dienone is 2. The number of hydrogen-bond acceptors (Lipinski definition) is 4. The maximum absolute atomic E-state index is 12.5. The number of nitrogens with one attached hydrogen (secondary N) is 1. The van der Waals surface area contributed by atoms with Gasteiger partial charge in [-0.2, -0.15) is 0 Å². The Morgan fingerprint density at radius 1 is 1.07 bits per heavy atom. The molecule has 4 aliphatic rings. The summed E-state index contributed by atoms with van der Waals surface area (Å²) in [6.07, 6.45) is 10.1. The quantitative estimate of drug-likeness (QED) is 0.787. The second kappa shape index (κ2) is 6.25. The molecule has 1 aromatic heterocycles. The van der Waals surface area contributed by atoms with Crippen LogP contribution < -0.4 is 5.32 Å². The third-order valence-corrected chi connectivity index (χ3v) is 7.33. The van der Waals surface area contributed by atoms with E-state index in [1.54, 1.807) is 11.9 Å². The molecular formula is C24H24N4O2. The Morgan fingerprint density at radius 3 is 2.43 bits per heavy atom. The predicted octanol–water partition coefficient (Wildman–Crippen LogP) is 2.43. The van der Waals surface area contributed by atoms with Crippen molar-refractivity contribution in [3.8, 4) is 0 Å². The van der Waals surface area contributed by atoms with Crippen LogP contribution in [-0.2, 0) is 24.2 Å². The van der Waals surface area contributed by atoms with E-state index < -0.39 is 5.54 Å². The van der Waals surface area contributed by atoms with Gasteiger partial charge < -0.3 is 4.90 Å². The number of likely N-dealkylation sites (tertiary alicyclic amines) is 1. The molecule has 0 saturated carbocycles. The van der Waals surface area contributed by atoms with Gasteiger partial charge in [-0.3, -0.25) is 20.0 Å². The molecule has 6 rings (SSSR count). The van der Waals surface area contributed by atoms with Crippen LogP contribution in [0.3, 0.4) is 0 Å². The van der Waals surface area contributed by atoms with Crippen LogP contribution in [-0.4, -0.2) is 52.4 Å². The lowest BCUT2D eigenvalue weighted by molar-refractivity contribution is -0.125. The summed E-state index contributed by atoms with van der Waals surface area (Å²) in [6, 6.07) is 8.19. The molecule has 1 N–H and O–H groups in total. The topological polar surface area (TPSA) is 65.5 Å². The van der Waals surface area contributed by atoms with Gasteiger partial charge >= 0.3 is 6.03 Å². The first-order chi connectivity index (χ1) is 14.5. The third-order valence-electron chi connectivity index (χ3n) is 7.33. The van der Waals surface area contributed by atoms with Crippen LogP contribution in [0.4, 0.5) is 4.79 Å². The minimum atomic E-state index is -0.785. The molecule has 2 aliphatic carbocycles. The molecule has 2 saturated heterocycles. The average molecular weight is 400 g/mol. The second-order valence-corrected chi connectivity index (χ2v) is 9.11. The monoisotopic (exact) mass is 400 g/mol. The van der Waals surface area contributed by atoms with E-state index in [0.29, 0.717) is 24.7 Å². The number of hydrogen-bond donors (Lipinski definition) is 1. The molecule has 6 heteroatoms. The molecule has 3 atom stereocenters. The van der Waals surface area contributed by atoms with E-state index in [2.05, 4.69) is 58.8 Å². The third kappa shape index (κ3) is 2.56. The highest BCUT2D eigenvalue weighted by molar-refractivity contribution is 6.07. The highest BCUT2D eigenvalue weighted by atomic mass is 16.2. The molecular weight excluding hydrogens is 376 g/mol. The highest BCUT2D eigenvalue weighted by Crippen LogP contribution is 2.38. The van der Waals surface area contributed by atoms with Crippen molar-refractivity contribution in [1.29, 1.82) is 0 Å². The minimum absolute atomic E-state index is 0.192. The van der Waals surface area contributed by atoms with E-state index in [0.717, 1.165) is 47.4 Å². The lowest BCUT2D eigenvalue weighted by Crippen LogP contribution is -2.48. The molecule has 3 amide bonds. The number of carbonyl (C=O) groups excluding carboxylic acids is 2. The minimum Gasteiger partial charge on any atom is -0.312 e. The van der Waals surface area contributed by atoms with Crippen LogP contribution >= 0.6 is 0 Å². The summed E-state index contributed by atoms with van der Waals surface area (Å²) in [4.78, 5) is 33.5. The van der Waals surface area contributed by atoms with Crippen molar-refractivity contribution in [3.63, 3.8) is 0 Å². The van der Waals surface area contributed by atoms with Crippen LogP contribution in [0, 0.1) is 11.8 Å². The number of imide groups is 1. The SMILES string of the molecule is CN1C(=O)NC(=O)C12Cc1cc3ccc(CN4CC5C=CC=CC5C4)nc3cc1C2. The summed E-state index contributed by atoms with van der Waals surface area (Å²) in [6.45, 7) is 3.01. The molecule has 3 heterocycles. The molecule has 6 nitrogen and oxygen atoms in total. The molecule has 2 aliphatic heterocycles. The molecule has 3 unspecified atom stereocenters. The van der Waals surface area contributed by atoms with Gasteiger partial charge in [-0.25, -0.2) is 4.79 Å². The summed E-state index contributed by atoms with van der Waals surface area (Å²) < 4.78 is 0. The number of likely N-dealkylation sites (N-methyl/N-ethyl adjacent to an activating group) is 1. The van der Waals surface area contributed by atoms with Gasteiger partial charge in [0, 0.05) is 44.9 Å². The van der Waals surface area contributed by atoms with Crippen molar-refractivity contribution in [1.82, 2.24) is 20.1 Å². The number of amides is 3. The smallest absolute Gasteiger partial charge is 0.312 e. The Hall–Kier alpha value is -2.99. The number of fused-ring (bicyclic) bond motifs is 3. The maximum atomic E-state index is 12.5. The lowest BCUT2D eigenvalue weighted by Gasteiger charge is -2.27. The maximum Gasteiger partial charge on any atom is 0.324 e. The molecule has 152 valence electrons. The summed E-state index contributed by atoms with van der Waals surface area (Å²) in [5.74, 6) is 1.04. The molecule has 0 radical (unpaired) electrons. The van der Waals surface area contributed by atoms with E-state index in [4.69, 9.17) is 4.98 Å². The van der Waals surface area contributed by atoms with Gasteiger partial charge in [-0.1, -0.05) is 30.4 Å². The predicted molar refractivity (Wildman–Crippen MR) is 114 cm³/mol. The van der Waals surface area contributed by atoms with Crippen LogP contribution in [0.5, 0.6) is 0 Å². The van der Waals surface area contributed by atoms with Crippen LogP contribution in [0.2, 0.25) is 0 Å². The summed E-state index contributed by atoms with van der Waals surface area (Å²) >= 11 is 0. The Morgan fingerprint density at radius 2 is 1.77 bits per heavy atom. The number of benzene rings is 1. The summed E-state index contributed by atoms with van der Waals surface area (Å²) in [7, 11) is 1.71. The Balaban J connectivity index is 1.27. The van der Waals surface area contributed by atoms with Crippen molar-refractivity contribution in [2.45, 2.75) is 24.9 Å². The van der Waals surface area contributed by atoms with Crippen LogP contribution in [0.15, 0.2) is 48.6 Å². The van der Waals surface area contributed by atoms with E-state index in [1.807, 2.05) is 0 Å². The Labute approximate surface area is 175 Å². The molecule has 1 spiro atoms. The van der Waals surface area contributed by atoms with Gasteiger partial charge in [-0.15, -0.1) is 0 Å². The van der Waals surface area contributed by atoms with Crippen molar-refractivity contribution in [3.05, 3.63) is 65.4 Å². The highest BCUT2D eigenvalue weighted by Gasteiger charge is 2.54. The zero-order chi connectivity index (χ0) is 20.5. The fourth-order valence-electron chi connectivity index (χ4n) is 5.58. The first-order valence-corrected chi connectivity index (χ1v) is 10.6. The van der Waals surface area contributed by atoms with E-state index in [1.165, 1.54) is 0 Å². The first kappa shape index (κ1) is 17.8. The van der Waals surface area contributed by atoms with Crippen molar-refractivity contribution < 1.29 is 9.59 Å². The number of rotatable bonds is 2. The number of aromatic nitrogens is 1. The normalized spacial score (nSPS) is 29.8. The zero-order valence-electron chi connectivity index (χ0n) is 17.0. The van der Waals surface area contributed by atoms with Crippen LogP contribution in [0.25, 0.3) is 10.9 Å². The van der Waals surface area contributed by atoms with Crippen molar-refractivity contribution >= 4 is 22.8 Å². The number of carbonyl (C=O) groups is 2. The van der Waals surface area contributed by atoms with Gasteiger partial charge in [-0.05, 0) is 41.2 Å². The molecule has 0 bridgehead atoms. The molecule has 1 aromatic carbocycles. The van der Waals surface area contributed by atoms with E-state index in [-0.39, 0.29) is 11.9 Å². The molecule has 2 fully saturated rings. The first-order valence-electron chi connectivity index (χ1n) is 10.6. The summed E-state index contributed by atoms with van der Waals surface area (Å²) in [5.41, 5.74) is 3.51. The van der Waals surface area contributed by atoms with E-state index in [9.17, 15) is 9.59 Å². The van der Waals surface area contributed by atoms with Crippen molar-refractivity contribution in [2.75, 3.05) is 20.1 Å². The zero-order valence-corrected chi connectivity index (χ0v) is 17.0. The number of pyridine rings is 1. The fraction of sp³-hybridized carbons (Fsp3) is 0.375. The van der Waals surface area contributed by atoms with E-state index >= 15 is 0 Å². The summed E-state index contributed by atoms with van der Waals surface area (Å²) in [5, 5.41) is 3.55. The number of nitrogens with zero attached hydrogens (tertiary/aromatic N) is 3. The van der Waals surface area contributed by atoms with Gasteiger partial charge in [0.15, 0.2) is 0 Å². The van der Waals surface area contributed by atoms with Crippen molar-refractivity contribution in [2.24, 2.45) is 11.8 Å². The van der Waals surface area contributed by atoms with Gasteiger partial charge in [0.2, 0.25) is 0 Å². The lowest BCUT2D eigenvalue weighted by atomic mass is 9.92. The van der Waals surface area contributed by atoms with Crippen LogP contribution in [0.1, 0.15) is 16.8 Å². The van der Waals surface area contributed by atoms with Gasteiger partial charge in [0.05, 0.1) is 11.2 Å². The molecule has 2 aromatic rings. The Kier molecular flexibility index (Phi) is 3.72. The second-order valence-electron chi connectivity index (χ2n) is 9.11. The van der Waals surface area contributed by atoms with Gasteiger partial charge in [0.25, 0.3) is 5.91 Å². The van der Waals surface area contributed by atoms with Gasteiger partial charge in [0.1, 0.15) is 5.54 Å². The molecule has 30 heavy (non-hydrogen) atoms. The number of urea groups is 1. The largest absolute Gasteiger partial charge is 0.324 e. The fourth-order valence-corrected chi connectivity index (χ4v) is 5.58.